The summed E-state index contributed by atoms with van der Waals surface area (Å²) in [4.78, 5) is 0. The topological polar surface area (TPSA) is 33.6 Å². The third-order valence-corrected chi connectivity index (χ3v) is 11.6. The van der Waals surface area contributed by atoms with Gasteiger partial charge in [0.15, 0.2) is 0 Å². The number of fused-ring (bicyclic) bond motifs is 6. The van der Waals surface area contributed by atoms with Crippen LogP contribution in [0.4, 0.5) is 0 Å². The Labute approximate surface area is 315 Å². The van der Waals surface area contributed by atoms with Crippen molar-refractivity contribution in [1.82, 2.24) is 9.13 Å². The van der Waals surface area contributed by atoms with Crippen LogP contribution in [-0.4, -0.2) is 9.13 Å². The standard InChI is InChI=1S/C51H37N3/c1-34-26-28-48-43(31-34)44-32-36(27-29-49(44)54(48)46-24-10-6-15-35(46)33-52)51(2)30-13-12-23-45(51)39-19-8-7-18-38(39)41-21-14-22-42-40-20-9-11-25-47(40)53(50(41)42)37-16-4-3-5-17-37/h3-29,31-32H,30H2,1-2H3. The zero-order chi connectivity index (χ0) is 36.4. The van der Waals surface area contributed by atoms with Gasteiger partial charge in [0, 0.05) is 38.2 Å². The van der Waals surface area contributed by atoms with Gasteiger partial charge in [0.25, 0.3) is 0 Å². The molecule has 9 aromatic rings. The van der Waals surface area contributed by atoms with Crippen LogP contribution in [0, 0.1) is 18.3 Å². The van der Waals surface area contributed by atoms with Crippen LogP contribution < -0.4 is 0 Å². The van der Waals surface area contributed by atoms with Crippen LogP contribution in [0.2, 0.25) is 0 Å². The molecule has 0 saturated carbocycles. The normalized spacial score (nSPS) is 15.6. The van der Waals surface area contributed by atoms with Gasteiger partial charge >= 0.3 is 0 Å². The number of hydrogen-bond acceptors (Lipinski definition) is 1. The molecule has 1 aliphatic rings. The SMILES string of the molecule is Cc1ccc2c(c1)c1cc(C3(C)CC=CC=C3c3ccccc3-c3cccc4c5ccccc5n(-c5ccccc5)c34)ccc1n2-c1ccccc1C#N. The van der Waals surface area contributed by atoms with Crippen LogP contribution in [0.15, 0.2) is 176 Å². The van der Waals surface area contributed by atoms with Gasteiger partial charge in [-0.3, -0.25) is 0 Å². The second-order valence-corrected chi connectivity index (χ2v) is 14.7. The number of allylic oxidation sites excluding steroid dienone is 4. The Morgan fingerprint density at radius 3 is 2.09 bits per heavy atom. The third-order valence-electron chi connectivity index (χ3n) is 11.6. The van der Waals surface area contributed by atoms with E-state index in [1.54, 1.807) is 0 Å². The molecule has 2 heterocycles. The van der Waals surface area contributed by atoms with E-state index in [2.05, 4.69) is 181 Å². The summed E-state index contributed by atoms with van der Waals surface area (Å²) in [5.41, 5.74) is 14.5. The lowest BCUT2D eigenvalue weighted by molar-refractivity contribution is 0.622. The maximum Gasteiger partial charge on any atom is 0.101 e. The van der Waals surface area contributed by atoms with Crippen molar-refractivity contribution in [2.75, 3.05) is 0 Å². The van der Waals surface area contributed by atoms with E-state index in [9.17, 15) is 5.26 Å². The minimum Gasteiger partial charge on any atom is -0.309 e. The van der Waals surface area contributed by atoms with Gasteiger partial charge in [0.05, 0.1) is 33.3 Å². The Bertz CT molecular complexity index is 3050. The van der Waals surface area contributed by atoms with Gasteiger partial charge in [-0.15, -0.1) is 0 Å². The molecule has 0 spiro atoms. The van der Waals surface area contributed by atoms with Crippen molar-refractivity contribution in [3.63, 3.8) is 0 Å². The number of aryl methyl sites for hydroxylation is 1. The number of para-hydroxylation sites is 4. The molecule has 10 rings (SSSR count). The molecule has 1 aliphatic carbocycles. The van der Waals surface area contributed by atoms with E-state index in [0.717, 1.165) is 28.8 Å². The second kappa shape index (κ2) is 12.4. The first-order chi connectivity index (χ1) is 26.5. The van der Waals surface area contributed by atoms with Crippen molar-refractivity contribution in [2.24, 2.45) is 0 Å². The molecular formula is C51H37N3. The molecule has 0 N–H and O–H groups in total. The average molecular weight is 692 g/mol. The first-order valence-electron chi connectivity index (χ1n) is 18.6. The van der Waals surface area contributed by atoms with Crippen LogP contribution in [0.3, 0.4) is 0 Å². The van der Waals surface area contributed by atoms with Crippen LogP contribution in [0.25, 0.3) is 71.7 Å². The number of nitriles is 1. The summed E-state index contributed by atoms with van der Waals surface area (Å²) in [6.45, 7) is 4.55. The summed E-state index contributed by atoms with van der Waals surface area (Å²) in [6, 6.07) is 59.1. The zero-order valence-electron chi connectivity index (χ0n) is 30.3. The molecular weight excluding hydrogens is 655 g/mol. The van der Waals surface area contributed by atoms with E-state index >= 15 is 0 Å². The van der Waals surface area contributed by atoms with Crippen molar-refractivity contribution < 1.29 is 0 Å². The third kappa shape index (κ3) is 4.74. The fraction of sp³-hybridized carbons (Fsp3) is 0.0784. The molecule has 0 bridgehead atoms. The van der Waals surface area contributed by atoms with Crippen molar-refractivity contribution in [3.05, 3.63) is 198 Å². The molecule has 0 fully saturated rings. The summed E-state index contributed by atoms with van der Waals surface area (Å²) in [7, 11) is 0. The van der Waals surface area contributed by atoms with Gasteiger partial charge in [-0.25, -0.2) is 0 Å². The predicted molar refractivity (Wildman–Crippen MR) is 226 cm³/mol. The van der Waals surface area contributed by atoms with Crippen LogP contribution in [0.5, 0.6) is 0 Å². The summed E-state index contributed by atoms with van der Waals surface area (Å²) >= 11 is 0. The lowest BCUT2D eigenvalue weighted by Gasteiger charge is -2.35. The Morgan fingerprint density at radius 1 is 0.574 bits per heavy atom. The number of nitrogens with zero attached hydrogens (tertiary/aromatic N) is 3. The van der Waals surface area contributed by atoms with E-state index < -0.39 is 0 Å². The van der Waals surface area contributed by atoms with E-state index in [-0.39, 0.29) is 5.41 Å². The number of benzene rings is 7. The fourth-order valence-electron chi connectivity index (χ4n) is 8.96. The molecule has 7 aromatic carbocycles. The second-order valence-electron chi connectivity index (χ2n) is 14.7. The molecule has 256 valence electrons. The van der Waals surface area contributed by atoms with Gasteiger partial charge in [0.1, 0.15) is 6.07 Å². The van der Waals surface area contributed by atoms with Gasteiger partial charge in [-0.05, 0) is 90.2 Å². The number of rotatable bonds is 5. The molecule has 3 nitrogen and oxygen atoms in total. The molecule has 0 saturated heterocycles. The Kier molecular flexibility index (Phi) is 7.29. The Hall–Kier alpha value is -6.89. The Balaban J connectivity index is 1.19. The molecule has 0 amide bonds. The van der Waals surface area contributed by atoms with Gasteiger partial charge < -0.3 is 9.13 Å². The highest BCUT2D eigenvalue weighted by Crippen LogP contribution is 2.49. The minimum absolute atomic E-state index is 0.304. The summed E-state index contributed by atoms with van der Waals surface area (Å²) in [6.07, 6.45) is 7.74. The highest BCUT2D eigenvalue weighted by molar-refractivity contribution is 6.15. The molecule has 0 radical (unpaired) electrons. The number of aromatic nitrogens is 2. The first-order valence-corrected chi connectivity index (χ1v) is 18.6. The van der Waals surface area contributed by atoms with E-state index in [0.29, 0.717) is 5.56 Å². The average Bonchev–Trinajstić information content (AvgIpc) is 3.73. The monoisotopic (exact) mass is 691 g/mol. The van der Waals surface area contributed by atoms with Crippen LogP contribution in [-0.2, 0) is 5.41 Å². The number of hydrogen-bond donors (Lipinski definition) is 0. The van der Waals surface area contributed by atoms with Crippen molar-refractivity contribution >= 4 is 49.2 Å². The quantitative estimate of drug-likeness (QED) is 0.177. The van der Waals surface area contributed by atoms with Crippen molar-refractivity contribution in [2.45, 2.75) is 25.7 Å². The van der Waals surface area contributed by atoms with Crippen LogP contribution in [0.1, 0.15) is 35.6 Å². The lowest BCUT2D eigenvalue weighted by atomic mass is 9.68. The maximum atomic E-state index is 10.1. The van der Waals surface area contributed by atoms with Gasteiger partial charge in [-0.2, -0.15) is 5.26 Å². The van der Waals surface area contributed by atoms with Gasteiger partial charge in [0.2, 0.25) is 0 Å². The molecule has 1 atom stereocenters. The fourth-order valence-corrected chi connectivity index (χ4v) is 8.96. The molecule has 3 heteroatoms. The molecule has 0 aliphatic heterocycles. The summed E-state index contributed by atoms with van der Waals surface area (Å²) in [5, 5.41) is 15.0. The highest BCUT2D eigenvalue weighted by atomic mass is 15.0. The van der Waals surface area contributed by atoms with Crippen LogP contribution >= 0.6 is 0 Å². The predicted octanol–water partition coefficient (Wildman–Crippen LogP) is 13.0. The largest absolute Gasteiger partial charge is 0.309 e. The van der Waals surface area contributed by atoms with Crippen molar-refractivity contribution in [3.8, 4) is 28.6 Å². The molecule has 1 unspecified atom stereocenters. The Morgan fingerprint density at radius 2 is 1.24 bits per heavy atom. The van der Waals surface area contributed by atoms with E-state index in [1.165, 1.54) is 66.0 Å². The highest BCUT2D eigenvalue weighted by Gasteiger charge is 2.34. The maximum absolute atomic E-state index is 10.1. The summed E-state index contributed by atoms with van der Waals surface area (Å²) < 4.78 is 4.69. The smallest absolute Gasteiger partial charge is 0.101 e. The van der Waals surface area contributed by atoms with E-state index in [1.807, 2.05) is 24.3 Å². The van der Waals surface area contributed by atoms with Gasteiger partial charge in [-0.1, -0.05) is 134 Å². The molecule has 2 aromatic heterocycles. The lowest BCUT2D eigenvalue weighted by Crippen LogP contribution is -2.25. The van der Waals surface area contributed by atoms with Crippen molar-refractivity contribution in [1.29, 1.82) is 5.26 Å². The first kappa shape index (κ1) is 31.8. The molecule has 54 heavy (non-hydrogen) atoms. The minimum atomic E-state index is -0.304. The summed E-state index contributed by atoms with van der Waals surface area (Å²) in [5.74, 6) is 0. The zero-order valence-corrected chi connectivity index (χ0v) is 30.3. The van der Waals surface area contributed by atoms with E-state index in [4.69, 9.17) is 0 Å².